The van der Waals surface area contributed by atoms with Gasteiger partial charge in [-0.3, -0.25) is 0 Å². The van der Waals surface area contributed by atoms with Crippen LogP contribution in [-0.2, 0) is 5.75 Å². The second-order valence-electron chi connectivity index (χ2n) is 4.16. The number of alkyl halides is 3. The Morgan fingerprint density at radius 2 is 1.76 bits per heavy atom. The van der Waals surface area contributed by atoms with Crippen LogP contribution < -0.4 is 10.5 Å². The number of nitrogen functional groups attached to an aromatic ring is 1. The number of rotatable bonds is 4. The highest BCUT2D eigenvalue weighted by molar-refractivity contribution is 7.98. The predicted molar refractivity (Wildman–Crippen MR) is 78.6 cm³/mol. The average molecular weight is 334 g/mol. The van der Waals surface area contributed by atoms with Crippen LogP contribution in [0.1, 0.15) is 5.56 Å². The molecule has 0 unspecified atom stereocenters. The number of halogens is 4. The second kappa shape index (κ2) is 6.49. The van der Waals surface area contributed by atoms with Crippen molar-refractivity contribution in [2.24, 2.45) is 0 Å². The van der Waals surface area contributed by atoms with Gasteiger partial charge < -0.3 is 10.5 Å². The Bertz CT molecular complexity index is 617. The molecule has 0 aliphatic rings. The number of thioether (sulfide) groups is 1. The SMILES string of the molecule is Nc1ccc(SCc2ccc(OC(F)(F)F)cc2)cc1Cl. The fourth-order valence-corrected chi connectivity index (χ4v) is 2.69. The van der Waals surface area contributed by atoms with E-state index >= 15 is 0 Å². The molecule has 0 heterocycles. The number of hydrogen-bond acceptors (Lipinski definition) is 3. The zero-order valence-electron chi connectivity index (χ0n) is 10.7. The fourth-order valence-electron chi connectivity index (χ4n) is 1.55. The van der Waals surface area contributed by atoms with E-state index in [-0.39, 0.29) is 5.75 Å². The van der Waals surface area contributed by atoms with Gasteiger partial charge in [-0.1, -0.05) is 23.7 Å². The van der Waals surface area contributed by atoms with Crippen molar-refractivity contribution in [3.63, 3.8) is 0 Å². The second-order valence-corrected chi connectivity index (χ2v) is 5.62. The van der Waals surface area contributed by atoms with E-state index in [4.69, 9.17) is 17.3 Å². The van der Waals surface area contributed by atoms with Gasteiger partial charge in [-0.2, -0.15) is 0 Å². The van der Waals surface area contributed by atoms with Gasteiger partial charge in [0.2, 0.25) is 0 Å². The van der Waals surface area contributed by atoms with E-state index in [2.05, 4.69) is 4.74 Å². The number of ether oxygens (including phenoxy) is 1. The number of benzene rings is 2. The van der Waals surface area contributed by atoms with Crippen LogP contribution in [0.15, 0.2) is 47.4 Å². The Kier molecular flexibility index (Phi) is 4.90. The van der Waals surface area contributed by atoms with Crippen LogP contribution in [0, 0.1) is 0 Å². The molecule has 0 saturated heterocycles. The smallest absolute Gasteiger partial charge is 0.406 e. The van der Waals surface area contributed by atoms with Crippen LogP contribution in [0.4, 0.5) is 18.9 Å². The molecule has 2 aromatic rings. The molecule has 0 fully saturated rings. The van der Waals surface area contributed by atoms with E-state index in [1.807, 2.05) is 6.07 Å². The molecule has 0 atom stereocenters. The average Bonchev–Trinajstić information content (AvgIpc) is 2.40. The van der Waals surface area contributed by atoms with Crippen molar-refractivity contribution < 1.29 is 17.9 Å². The molecular weight excluding hydrogens is 323 g/mol. The highest BCUT2D eigenvalue weighted by Crippen LogP contribution is 2.29. The zero-order valence-corrected chi connectivity index (χ0v) is 12.2. The molecule has 0 aromatic heterocycles. The maximum Gasteiger partial charge on any atom is 0.573 e. The lowest BCUT2D eigenvalue weighted by atomic mass is 10.2. The summed E-state index contributed by atoms with van der Waals surface area (Å²) >= 11 is 7.43. The van der Waals surface area contributed by atoms with Crippen LogP contribution in [0.3, 0.4) is 0 Å². The summed E-state index contributed by atoms with van der Waals surface area (Å²) in [6.45, 7) is 0. The summed E-state index contributed by atoms with van der Waals surface area (Å²) < 4.78 is 39.9. The van der Waals surface area contributed by atoms with Crippen LogP contribution in [-0.4, -0.2) is 6.36 Å². The van der Waals surface area contributed by atoms with E-state index in [1.165, 1.54) is 23.9 Å². The minimum absolute atomic E-state index is 0.230. The van der Waals surface area contributed by atoms with Crippen molar-refractivity contribution in [3.05, 3.63) is 53.1 Å². The maximum absolute atomic E-state index is 12.0. The van der Waals surface area contributed by atoms with Gasteiger partial charge in [0.1, 0.15) is 5.75 Å². The summed E-state index contributed by atoms with van der Waals surface area (Å²) in [6, 6.07) is 11.1. The molecule has 0 bridgehead atoms. The first-order valence-corrected chi connectivity index (χ1v) is 7.22. The molecule has 21 heavy (non-hydrogen) atoms. The predicted octanol–water partition coefficient (Wildman–Crippen LogP) is 5.11. The van der Waals surface area contributed by atoms with Gasteiger partial charge >= 0.3 is 6.36 Å². The molecular formula is C14H11ClF3NOS. The zero-order chi connectivity index (χ0) is 15.5. The molecule has 2 aromatic carbocycles. The van der Waals surface area contributed by atoms with Gasteiger partial charge in [-0.05, 0) is 35.9 Å². The first kappa shape index (κ1) is 15.9. The topological polar surface area (TPSA) is 35.2 Å². The molecule has 0 spiro atoms. The summed E-state index contributed by atoms with van der Waals surface area (Å²) in [5.74, 6) is 0.374. The number of nitrogens with two attached hydrogens (primary N) is 1. The van der Waals surface area contributed by atoms with E-state index < -0.39 is 6.36 Å². The minimum Gasteiger partial charge on any atom is -0.406 e. The van der Waals surface area contributed by atoms with Crippen LogP contribution >= 0.6 is 23.4 Å². The van der Waals surface area contributed by atoms with Crippen LogP contribution in [0.5, 0.6) is 5.75 Å². The molecule has 2 nitrogen and oxygen atoms in total. The van der Waals surface area contributed by atoms with E-state index in [1.54, 1.807) is 24.3 Å². The van der Waals surface area contributed by atoms with Gasteiger partial charge in [-0.25, -0.2) is 0 Å². The number of anilines is 1. The molecule has 112 valence electrons. The number of hydrogen-bond donors (Lipinski definition) is 1. The van der Waals surface area contributed by atoms with Crippen LogP contribution in [0.2, 0.25) is 5.02 Å². The van der Waals surface area contributed by atoms with Crippen molar-refractivity contribution in [1.82, 2.24) is 0 Å². The Morgan fingerprint density at radius 3 is 2.33 bits per heavy atom. The summed E-state index contributed by atoms with van der Waals surface area (Å²) in [5, 5.41) is 0.480. The molecule has 0 aliphatic carbocycles. The molecule has 0 saturated carbocycles. The largest absolute Gasteiger partial charge is 0.573 e. The Hall–Kier alpha value is -1.53. The molecule has 2 N–H and O–H groups in total. The third kappa shape index (κ3) is 5.06. The Labute approximate surface area is 129 Å². The first-order valence-electron chi connectivity index (χ1n) is 5.86. The normalized spacial score (nSPS) is 11.4. The molecule has 7 heteroatoms. The van der Waals surface area contributed by atoms with Gasteiger partial charge in [0, 0.05) is 10.6 Å². The van der Waals surface area contributed by atoms with Gasteiger partial charge in [0.25, 0.3) is 0 Å². The Balaban J connectivity index is 1.96. The molecule has 0 aliphatic heterocycles. The fraction of sp³-hybridized carbons (Fsp3) is 0.143. The lowest BCUT2D eigenvalue weighted by Gasteiger charge is -2.09. The van der Waals surface area contributed by atoms with Crippen molar-refractivity contribution in [3.8, 4) is 5.75 Å². The monoisotopic (exact) mass is 333 g/mol. The van der Waals surface area contributed by atoms with E-state index in [0.717, 1.165) is 10.5 Å². The summed E-state index contributed by atoms with van der Waals surface area (Å²) in [5.41, 5.74) is 7.00. The van der Waals surface area contributed by atoms with Gasteiger partial charge in [0.05, 0.1) is 10.7 Å². The van der Waals surface area contributed by atoms with Gasteiger partial charge in [-0.15, -0.1) is 24.9 Å². The maximum atomic E-state index is 12.0. The van der Waals surface area contributed by atoms with Gasteiger partial charge in [0.15, 0.2) is 0 Å². The van der Waals surface area contributed by atoms with Crippen molar-refractivity contribution in [2.45, 2.75) is 17.0 Å². The van der Waals surface area contributed by atoms with Crippen molar-refractivity contribution in [1.29, 1.82) is 0 Å². The third-order valence-corrected chi connectivity index (χ3v) is 3.93. The summed E-state index contributed by atoms with van der Waals surface area (Å²) in [4.78, 5) is 0.935. The quantitative estimate of drug-likeness (QED) is 0.623. The van der Waals surface area contributed by atoms with Crippen molar-refractivity contribution in [2.75, 3.05) is 5.73 Å². The molecule has 0 amide bonds. The Morgan fingerprint density at radius 1 is 1.10 bits per heavy atom. The van der Waals surface area contributed by atoms with Crippen LogP contribution in [0.25, 0.3) is 0 Å². The van der Waals surface area contributed by atoms with Crippen molar-refractivity contribution >= 4 is 29.1 Å². The minimum atomic E-state index is -4.67. The lowest BCUT2D eigenvalue weighted by molar-refractivity contribution is -0.274. The van der Waals surface area contributed by atoms with E-state index in [0.29, 0.717) is 16.5 Å². The standard InChI is InChI=1S/C14H11ClF3NOS/c15-12-7-11(5-6-13(12)19)21-8-9-1-3-10(4-2-9)20-14(16,17)18/h1-7H,8,19H2. The molecule has 0 radical (unpaired) electrons. The highest BCUT2D eigenvalue weighted by Gasteiger charge is 2.30. The summed E-state index contributed by atoms with van der Waals surface area (Å²) in [7, 11) is 0. The first-order chi connectivity index (χ1) is 9.83. The third-order valence-electron chi connectivity index (χ3n) is 2.53. The lowest BCUT2D eigenvalue weighted by Crippen LogP contribution is -2.16. The summed E-state index contributed by atoms with van der Waals surface area (Å²) in [6.07, 6.45) is -4.67. The van der Waals surface area contributed by atoms with E-state index in [9.17, 15) is 13.2 Å². The highest BCUT2D eigenvalue weighted by atomic mass is 35.5. The molecule has 2 rings (SSSR count).